The molecule has 3 nitrogen and oxygen atoms in total. The van der Waals surface area contributed by atoms with Crippen LogP contribution in [0.2, 0.25) is 0 Å². The van der Waals surface area contributed by atoms with E-state index in [0.29, 0.717) is 0 Å². The Morgan fingerprint density at radius 3 is 2.83 bits per heavy atom. The molecule has 1 aromatic carbocycles. The van der Waals surface area contributed by atoms with Gasteiger partial charge in [-0.25, -0.2) is 0 Å². The molecule has 18 heavy (non-hydrogen) atoms. The van der Waals surface area contributed by atoms with E-state index in [-0.39, 0.29) is 0 Å². The highest BCUT2D eigenvalue weighted by atomic mass is 32.2. The summed E-state index contributed by atoms with van der Waals surface area (Å²) in [7, 11) is 3.61. The molecule has 0 heterocycles. The van der Waals surface area contributed by atoms with E-state index in [9.17, 15) is 0 Å². The molecule has 1 rings (SSSR count). The van der Waals surface area contributed by atoms with E-state index in [1.54, 1.807) is 7.11 Å². The Balaban J connectivity index is 2.54. The van der Waals surface area contributed by atoms with Crippen LogP contribution < -0.4 is 14.8 Å². The smallest absolute Gasteiger partial charge is 0.127 e. The Morgan fingerprint density at radius 2 is 2.17 bits per heavy atom. The fourth-order valence-electron chi connectivity index (χ4n) is 1.62. The zero-order valence-corrected chi connectivity index (χ0v) is 12.3. The lowest BCUT2D eigenvalue weighted by molar-refractivity contribution is 0.312. The van der Waals surface area contributed by atoms with Crippen molar-refractivity contribution in [3.05, 3.63) is 23.8 Å². The summed E-state index contributed by atoms with van der Waals surface area (Å²) in [5.74, 6) is 4.09. The Kier molecular flexibility index (Phi) is 7.69. The molecule has 0 spiro atoms. The van der Waals surface area contributed by atoms with E-state index >= 15 is 0 Å². The predicted octanol–water partition coefficient (Wildman–Crippen LogP) is 2.94. The number of rotatable bonds is 9. The van der Waals surface area contributed by atoms with E-state index in [4.69, 9.17) is 9.47 Å². The molecule has 0 saturated heterocycles. The molecule has 0 bridgehead atoms. The zero-order chi connectivity index (χ0) is 13.2. The summed E-state index contributed by atoms with van der Waals surface area (Å²) >= 11 is 1.95. The van der Waals surface area contributed by atoms with E-state index in [0.717, 1.165) is 36.8 Å². The molecule has 1 aromatic rings. The average molecular weight is 269 g/mol. The van der Waals surface area contributed by atoms with Crippen LogP contribution in [0.3, 0.4) is 0 Å². The normalized spacial score (nSPS) is 10.4. The van der Waals surface area contributed by atoms with Crippen LogP contribution in [0.1, 0.15) is 18.9 Å². The minimum Gasteiger partial charge on any atom is -0.497 e. The third-order valence-electron chi connectivity index (χ3n) is 2.54. The van der Waals surface area contributed by atoms with Crippen molar-refractivity contribution >= 4 is 11.8 Å². The number of methoxy groups -OCH3 is 1. The third kappa shape index (κ3) is 5.19. The minimum atomic E-state index is 0.761. The van der Waals surface area contributed by atoms with Gasteiger partial charge in [-0.05, 0) is 31.0 Å². The molecule has 1 N–H and O–H groups in total. The van der Waals surface area contributed by atoms with Crippen LogP contribution >= 0.6 is 11.8 Å². The van der Waals surface area contributed by atoms with Crippen LogP contribution in [0.4, 0.5) is 0 Å². The molecule has 4 heteroatoms. The topological polar surface area (TPSA) is 30.5 Å². The first-order valence-electron chi connectivity index (χ1n) is 6.33. The molecular formula is C14H23NO2S. The monoisotopic (exact) mass is 269 g/mol. The van der Waals surface area contributed by atoms with Gasteiger partial charge in [0.05, 0.1) is 13.7 Å². The molecule has 0 atom stereocenters. The van der Waals surface area contributed by atoms with Crippen LogP contribution in [-0.4, -0.2) is 32.3 Å². The van der Waals surface area contributed by atoms with Gasteiger partial charge in [0.1, 0.15) is 11.5 Å². The second kappa shape index (κ2) is 9.11. The molecule has 0 aliphatic carbocycles. The molecule has 0 aliphatic rings. The van der Waals surface area contributed by atoms with Gasteiger partial charge in [0.15, 0.2) is 0 Å². The third-order valence-corrected chi connectivity index (χ3v) is 3.52. The Bertz CT molecular complexity index is 345. The van der Waals surface area contributed by atoms with Crippen molar-refractivity contribution in [2.75, 3.05) is 32.3 Å². The lowest BCUT2D eigenvalue weighted by Crippen LogP contribution is -2.08. The fraction of sp³-hybridized carbons (Fsp3) is 0.571. The lowest BCUT2D eigenvalue weighted by Gasteiger charge is -2.12. The standard InChI is InChI=1S/C14H23NO2S/c1-4-18-9-5-8-17-14-10-13(16-3)7-6-12(14)11-15-2/h6-7,10,15H,4-5,8-9,11H2,1-3H3. The van der Waals surface area contributed by atoms with Crippen LogP contribution in [0, 0.1) is 0 Å². The van der Waals surface area contributed by atoms with Gasteiger partial charge in [0.25, 0.3) is 0 Å². The highest BCUT2D eigenvalue weighted by molar-refractivity contribution is 7.99. The van der Waals surface area contributed by atoms with Gasteiger partial charge in [-0.1, -0.05) is 13.0 Å². The SMILES string of the molecule is CCSCCCOc1cc(OC)ccc1CNC. The summed E-state index contributed by atoms with van der Waals surface area (Å²) in [4.78, 5) is 0. The van der Waals surface area contributed by atoms with E-state index < -0.39 is 0 Å². The van der Waals surface area contributed by atoms with Gasteiger partial charge >= 0.3 is 0 Å². The number of benzene rings is 1. The Hall–Kier alpha value is -0.870. The molecule has 102 valence electrons. The van der Waals surface area contributed by atoms with Gasteiger partial charge in [-0.2, -0.15) is 11.8 Å². The summed E-state index contributed by atoms with van der Waals surface area (Å²) in [6, 6.07) is 5.97. The zero-order valence-electron chi connectivity index (χ0n) is 11.5. The molecule has 0 aromatic heterocycles. The fourth-order valence-corrected chi connectivity index (χ4v) is 2.23. The van der Waals surface area contributed by atoms with E-state index in [1.165, 1.54) is 11.3 Å². The maximum absolute atomic E-state index is 5.85. The number of hydrogen-bond acceptors (Lipinski definition) is 4. The second-order valence-corrected chi connectivity index (χ2v) is 5.30. The molecule has 0 amide bonds. The summed E-state index contributed by atoms with van der Waals surface area (Å²) in [6.45, 7) is 3.75. The average Bonchev–Trinajstić information content (AvgIpc) is 2.40. The first-order valence-corrected chi connectivity index (χ1v) is 7.49. The van der Waals surface area contributed by atoms with Gasteiger partial charge in [0, 0.05) is 18.2 Å². The van der Waals surface area contributed by atoms with Crippen molar-refractivity contribution in [3.8, 4) is 11.5 Å². The van der Waals surface area contributed by atoms with Crippen LogP contribution in [-0.2, 0) is 6.54 Å². The highest BCUT2D eigenvalue weighted by Gasteiger charge is 2.05. The van der Waals surface area contributed by atoms with Gasteiger partial charge < -0.3 is 14.8 Å². The van der Waals surface area contributed by atoms with Gasteiger partial charge in [0.2, 0.25) is 0 Å². The number of hydrogen-bond donors (Lipinski definition) is 1. The minimum absolute atomic E-state index is 0.761. The summed E-state index contributed by atoms with van der Waals surface area (Å²) in [5.41, 5.74) is 1.17. The van der Waals surface area contributed by atoms with Crippen molar-refractivity contribution in [3.63, 3.8) is 0 Å². The molecular weight excluding hydrogens is 246 g/mol. The van der Waals surface area contributed by atoms with Crippen LogP contribution in [0.25, 0.3) is 0 Å². The quantitative estimate of drug-likeness (QED) is 0.698. The van der Waals surface area contributed by atoms with Crippen molar-refractivity contribution in [1.82, 2.24) is 5.32 Å². The maximum Gasteiger partial charge on any atom is 0.127 e. The first-order chi connectivity index (χ1) is 8.81. The summed E-state index contributed by atoms with van der Waals surface area (Å²) < 4.78 is 11.1. The van der Waals surface area contributed by atoms with Crippen molar-refractivity contribution in [1.29, 1.82) is 0 Å². The second-order valence-electron chi connectivity index (χ2n) is 3.90. The maximum atomic E-state index is 5.85. The van der Waals surface area contributed by atoms with E-state index in [1.807, 2.05) is 37.0 Å². The molecule has 0 saturated carbocycles. The van der Waals surface area contributed by atoms with Crippen LogP contribution in [0.15, 0.2) is 18.2 Å². The number of ether oxygens (including phenoxy) is 2. The molecule has 0 aliphatic heterocycles. The first kappa shape index (κ1) is 15.2. The molecule has 0 radical (unpaired) electrons. The highest BCUT2D eigenvalue weighted by Crippen LogP contribution is 2.25. The lowest BCUT2D eigenvalue weighted by atomic mass is 10.2. The number of nitrogens with one attached hydrogen (secondary N) is 1. The Morgan fingerprint density at radius 1 is 1.33 bits per heavy atom. The van der Waals surface area contributed by atoms with Crippen LogP contribution in [0.5, 0.6) is 11.5 Å². The predicted molar refractivity (Wildman–Crippen MR) is 78.9 cm³/mol. The largest absolute Gasteiger partial charge is 0.497 e. The molecule has 0 unspecified atom stereocenters. The Labute approximate surface area is 114 Å². The van der Waals surface area contributed by atoms with Crippen molar-refractivity contribution < 1.29 is 9.47 Å². The summed E-state index contributed by atoms with van der Waals surface area (Å²) in [6.07, 6.45) is 1.08. The van der Waals surface area contributed by atoms with E-state index in [2.05, 4.69) is 12.2 Å². The molecule has 0 fully saturated rings. The van der Waals surface area contributed by atoms with Gasteiger partial charge in [-0.15, -0.1) is 0 Å². The van der Waals surface area contributed by atoms with Crippen molar-refractivity contribution in [2.45, 2.75) is 19.9 Å². The van der Waals surface area contributed by atoms with Crippen molar-refractivity contribution in [2.24, 2.45) is 0 Å². The number of thioether (sulfide) groups is 1. The summed E-state index contributed by atoms with van der Waals surface area (Å²) in [5, 5.41) is 3.15. The van der Waals surface area contributed by atoms with Gasteiger partial charge in [-0.3, -0.25) is 0 Å².